The molecule has 2 heterocycles. The van der Waals surface area contributed by atoms with Crippen LogP contribution in [0.1, 0.15) is 41.6 Å². The van der Waals surface area contributed by atoms with E-state index in [4.69, 9.17) is 14.2 Å². The number of esters is 1. The lowest BCUT2D eigenvalue weighted by molar-refractivity contribution is -0.0655. The van der Waals surface area contributed by atoms with Gasteiger partial charge in [-0.2, -0.15) is 0 Å². The topological polar surface area (TPSA) is 160 Å². The molecule has 1 aromatic carbocycles. The van der Waals surface area contributed by atoms with Gasteiger partial charge in [0.1, 0.15) is 18.0 Å². The van der Waals surface area contributed by atoms with Crippen molar-refractivity contribution in [1.29, 1.82) is 0 Å². The van der Waals surface area contributed by atoms with E-state index in [9.17, 15) is 24.6 Å². The molecule has 0 saturated carbocycles. The Balaban J connectivity index is 1.89. The molecule has 2 aromatic rings. The summed E-state index contributed by atoms with van der Waals surface area (Å²) in [5.74, 6) is -1.97. The molecule has 0 spiro atoms. The van der Waals surface area contributed by atoms with Gasteiger partial charge in [0.25, 0.3) is 5.56 Å². The SMILES string of the molecule is CCOC(=O)c1nc([C@]2(NC(=O)OCc3ccccc3)CC[C@@H](CO)OC2)[nH]c(=O)c1O. The van der Waals surface area contributed by atoms with Crippen molar-refractivity contribution in [2.24, 2.45) is 0 Å². The third kappa shape index (κ3) is 5.24. The molecule has 0 aliphatic carbocycles. The summed E-state index contributed by atoms with van der Waals surface area (Å²) in [6.07, 6.45) is -0.712. The predicted molar refractivity (Wildman–Crippen MR) is 110 cm³/mol. The van der Waals surface area contributed by atoms with Crippen molar-refractivity contribution in [1.82, 2.24) is 15.3 Å². The highest BCUT2D eigenvalue weighted by molar-refractivity contribution is 5.90. The number of H-pyrrole nitrogens is 1. The fourth-order valence-corrected chi connectivity index (χ4v) is 3.30. The van der Waals surface area contributed by atoms with Crippen LogP contribution in [0.25, 0.3) is 0 Å². The maximum atomic E-state index is 12.6. The van der Waals surface area contributed by atoms with E-state index >= 15 is 0 Å². The minimum Gasteiger partial charge on any atom is -0.501 e. The van der Waals surface area contributed by atoms with Crippen molar-refractivity contribution in [2.75, 3.05) is 19.8 Å². The number of aliphatic hydroxyl groups is 1. The normalized spacial score (nSPS) is 20.4. The van der Waals surface area contributed by atoms with Crippen LogP contribution in [0.4, 0.5) is 4.79 Å². The Morgan fingerprint density at radius 1 is 1.31 bits per heavy atom. The molecule has 2 atom stereocenters. The molecule has 1 amide bonds. The second-order valence-corrected chi connectivity index (χ2v) is 7.26. The van der Waals surface area contributed by atoms with Crippen molar-refractivity contribution < 1.29 is 34.0 Å². The van der Waals surface area contributed by atoms with Crippen molar-refractivity contribution >= 4 is 12.1 Å². The summed E-state index contributed by atoms with van der Waals surface area (Å²) >= 11 is 0. The Morgan fingerprint density at radius 2 is 2.06 bits per heavy atom. The Bertz CT molecular complexity index is 1000. The van der Waals surface area contributed by atoms with Gasteiger partial charge in [-0.05, 0) is 25.3 Å². The van der Waals surface area contributed by atoms with Crippen molar-refractivity contribution in [3.63, 3.8) is 0 Å². The van der Waals surface area contributed by atoms with Gasteiger partial charge in [-0.25, -0.2) is 14.6 Å². The van der Waals surface area contributed by atoms with Gasteiger partial charge in [0, 0.05) is 0 Å². The number of nitrogens with zero attached hydrogens (tertiary/aromatic N) is 1. The number of amides is 1. The molecule has 0 unspecified atom stereocenters. The molecule has 1 saturated heterocycles. The van der Waals surface area contributed by atoms with Crippen molar-refractivity contribution in [3.05, 3.63) is 57.8 Å². The Morgan fingerprint density at radius 3 is 2.69 bits per heavy atom. The number of carbonyl (C=O) groups is 2. The molecule has 3 rings (SSSR count). The molecule has 11 nitrogen and oxygen atoms in total. The maximum Gasteiger partial charge on any atom is 0.408 e. The third-order valence-corrected chi connectivity index (χ3v) is 5.03. The first kappa shape index (κ1) is 23.2. The quantitative estimate of drug-likeness (QED) is 0.453. The first-order valence-electron chi connectivity index (χ1n) is 10.1. The Kier molecular flexibility index (Phi) is 7.44. The highest BCUT2D eigenvalue weighted by Gasteiger charge is 2.43. The second-order valence-electron chi connectivity index (χ2n) is 7.26. The van der Waals surface area contributed by atoms with Crippen molar-refractivity contribution in [3.8, 4) is 5.75 Å². The van der Waals surface area contributed by atoms with E-state index in [1.165, 1.54) is 0 Å². The molecule has 32 heavy (non-hydrogen) atoms. The number of aliphatic hydroxyl groups excluding tert-OH is 1. The van der Waals surface area contributed by atoms with Crippen LogP contribution in [0.3, 0.4) is 0 Å². The molecule has 0 radical (unpaired) electrons. The van der Waals surface area contributed by atoms with E-state index in [2.05, 4.69) is 15.3 Å². The largest absolute Gasteiger partial charge is 0.501 e. The molecular formula is C21H25N3O8. The number of benzene rings is 1. The van der Waals surface area contributed by atoms with Gasteiger partial charge >= 0.3 is 12.1 Å². The summed E-state index contributed by atoms with van der Waals surface area (Å²) in [4.78, 5) is 43.5. The average Bonchev–Trinajstić information content (AvgIpc) is 2.80. The van der Waals surface area contributed by atoms with Crippen LogP contribution in [0.2, 0.25) is 0 Å². The monoisotopic (exact) mass is 447 g/mol. The van der Waals surface area contributed by atoms with Crippen LogP contribution >= 0.6 is 0 Å². The van der Waals surface area contributed by atoms with Crippen LogP contribution in [0, 0.1) is 0 Å². The lowest BCUT2D eigenvalue weighted by atomic mass is 9.89. The molecule has 0 bridgehead atoms. The zero-order chi connectivity index (χ0) is 23.1. The zero-order valence-electron chi connectivity index (χ0n) is 17.5. The number of aromatic hydroxyl groups is 1. The molecule has 1 aliphatic heterocycles. The van der Waals surface area contributed by atoms with E-state index in [-0.39, 0.29) is 38.7 Å². The molecule has 11 heteroatoms. The van der Waals surface area contributed by atoms with Crippen LogP contribution < -0.4 is 10.9 Å². The van der Waals surface area contributed by atoms with Gasteiger partial charge in [0.15, 0.2) is 5.69 Å². The standard InChI is InChI=1S/C21H25N3O8/c1-2-30-18(28)15-16(26)17(27)23-19(22-15)21(9-8-14(10-25)32-12-21)24-20(29)31-11-13-6-4-3-5-7-13/h3-7,14,25-26H,2,8-12H2,1H3,(H,24,29)(H,22,23,27)/t14-,21-/m0/s1. The van der Waals surface area contributed by atoms with E-state index in [1.54, 1.807) is 19.1 Å². The number of ether oxygens (including phenoxy) is 3. The molecular weight excluding hydrogens is 422 g/mol. The first-order valence-corrected chi connectivity index (χ1v) is 10.1. The van der Waals surface area contributed by atoms with Gasteiger partial charge < -0.3 is 34.7 Å². The highest BCUT2D eigenvalue weighted by Crippen LogP contribution is 2.31. The molecule has 1 fully saturated rings. The Labute approximate surface area is 183 Å². The number of aromatic nitrogens is 2. The summed E-state index contributed by atoms with van der Waals surface area (Å²) in [7, 11) is 0. The molecule has 172 valence electrons. The summed E-state index contributed by atoms with van der Waals surface area (Å²) in [6.45, 7) is 1.21. The van der Waals surface area contributed by atoms with Gasteiger partial charge in [-0.15, -0.1) is 0 Å². The maximum absolute atomic E-state index is 12.6. The predicted octanol–water partition coefficient (Wildman–Crippen LogP) is 0.945. The number of aromatic amines is 1. The smallest absolute Gasteiger partial charge is 0.408 e. The molecule has 4 N–H and O–H groups in total. The van der Waals surface area contributed by atoms with E-state index < -0.39 is 40.7 Å². The Hall–Kier alpha value is -3.44. The summed E-state index contributed by atoms with van der Waals surface area (Å²) in [5, 5.41) is 22.0. The van der Waals surface area contributed by atoms with Crippen LogP contribution in [-0.4, -0.2) is 58.2 Å². The lowest BCUT2D eigenvalue weighted by Crippen LogP contribution is -2.55. The third-order valence-electron chi connectivity index (χ3n) is 5.03. The number of hydrogen-bond acceptors (Lipinski definition) is 9. The summed E-state index contributed by atoms with van der Waals surface area (Å²) < 4.78 is 15.8. The van der Waals surface area contributed by atoms with Gasteiger partial charge in [0.2, 0.25) is 5.75 Å². The van der Waals surface area contributed by atoms with Gasteiger partial charge in [-0.1, -0.05) is 30.3 Å². The lowest BCUT2D eigenvalue weighted by Gasteiger charge is -2.39. The number of hydrogen-bond donors (Lipinski definition) is 4. The fraction of sp³-hybridized carbons (Fsp3) is 0.429. The number of carbonyl (C=O) groups excluding carboxylic acids is 2. The van der Waals surface area contributed by atoms with Crippen molar-refractivity contribution in [2.45, 2.75) is 38.0 Å². The number of alkyl carbamates (subject to hydrolysis) is 1. The summed E-state index contributed by atoms with van der Waals surface area (Å²) in [5.41, 5.74) is -2.14. The minimum atomic E-state index is -1.37. The van der Waals surface area contributed by atoms with Crippen LogP contribution in [-0.2, 0) is 26.4 Å². The van der Waals surface area contributed by atoms with E-state index in [1.807, 2.05) is 18.2 Å². The molecule has 1 aliphatic rings. The summed E-state index contributed by atoms with van der Waals surface area (Å²) in [6, 6.07) is 9.05. The van der Waals surface area contributed by atoms with E-state index in [0.29, 0.717) is 6.42 Å². The first-order chi connectivity index (χ1) is 15.4. The second kappa shape index (κ2) is 10.2. The number of nitrogens with one attached hydrogen (secondary N) is 2. The zero-order valence-corrected chi connectivity index (χ0v) is 17.5. The minimum absolute atomic E-state index is 0.0104. The van der Waals surface area contributed by atoms with Gasteiger partial charge in [0.05, 0.1) is 25.9 Å². The fourth-order valence-electron chi connectivity index (χ4n) is 3.30. The van der Waals surface area contributed by atoms with Crippen LogP contribution in [0.5, 0.6) is 5.75 Å². The van der Waals surface area contributed by atoms with Gasteiger partial charge in [-0.3, -0.25) is 4.79 Å². The number of rotatable bonds is 7. The highest BCUT2D eigenvalue weighted by atomic mass is 16.6. The average molecular weight is 447 g/mol. The van der Waals surface area contributed by atoms with E-state index in [0.717, 1.165) is 5.56 Å². The van der Waals surface area contributed by atoms with Crippen LogP contribution in [0.15, 0.2) is 35.1 Å². The molecule has 1 aromatic heterocycles.